The Morgan fingerprint density at radius 2 is 1.94 bits per heavy atom. The molecule has 0 spiro atoms. The van der Waals surface area contributed by atoms with Crippen LogP contribution in [0.5, 0.6) is 5.75 Å². The quantitative estimate of drug-likeness (QED) is 0.228. The van der Waals surface area contributed by atoms with Gasteiger partial charge in [-0.1, -0.05) is 35.5 Å². The minimum absolute atomic E-state index is 0.0304. The average molecular weight is 465 g/mol. The van der Waals surface area contributed by atoms with E-state index >= 15 is 0 Å². The summed E-state index contributed by atoms with van der Waals surface area (Å²) in [4.78, 5) is 14.0. The first-order valence-corrected chi connectivity index (χ1v) is 10.8. The van der Waals surface area contributed by atoms with Gasteiger partial charge < -0.3 is 10.5 Å². The van der Waals surface area contributed by atoms with Crippen molar-refractivity contribution in [3.63, 3.8) is 0 Å². The van der Waals surface area contributed by atoms with Crippen molar-refractivity contribution in [2.75, 3.05) is 12.8 Å². The zero-order valence-corrected chi connectivity index (χ0v) is 18.6. The molecule has 0 radical (unpaired) electrons. The predicted octanol–water partition coefficient (Wildman–Crippen LogP) is 2.69. The van der Waals surface area contributed by atoms with E-state index in [2.05, 4.69) is 35.8 Å². The average Bonchev–Trinajstić information content (AvgIpc) is 3.47. The number of aromatic nitrogens is 5. The maximum Gasteiger partial charge on any atom is 0.293 e. The zero-order valence-electron chi connectivity index (χ0n) is 17.8. The number of anilines is 1. The fraction of sp³-hybridized carbons (Fsp3) is 0.143. The molecule has 0 atom stereocenters. The number of nitrogens with two attached hydrogens (primary N) is 1. The molecule has 11 nitrogen and oxygen atoms in total. The van der Waals surface area contributed by atoms with Crippen molar-refractivity contribution in [1.82, 2.24) is 30.7 Å². The van der Waals surface area contributed by atoms with Crippen LogP contribution in [0, 0.1) is 0 Å². The highest BCUT2D eigenvalue weighted by Crippen LogP contribution is 2.26. The number of methoxy groups -OCH3 is 1. The smallest absolute Gasteiger partial charge is 0.293 e. The lowest BCUT2D eigenvalue weighted by atomic mass is 10.1. The van der Waals surface area contributed by atoms with E-state index in [4.69, 9.17) is 10.5 Å². The number of hydrazone groups is 1. The van der Waals surface area contributed by atoms with Crippen LogP contribution < -0.4 is 15.9 Å². The summed E-state index contributed by atoms with van der Waals surface area (Å²) in [6.07, 6.45) is 0. The van der Waals surface area contributed by atoms with Crippen LogP contribution in [-0.2, 0) is 5.75 Å². The number of hydrogen-bond acceptors (Lipinski definition) is 10. The first-order valence-electron chi connectivity index (χ1n) is 9.77. The summed E-state index contributed by atoms with van der Waals surface area (Å²) in [7, 11) is 1.57. The molecule has 0 saturated carbocycles. The van der Waals surface area contributed by atoms with Gasteiger partial charge >= 0.3 is 0 Å². The van der Waals surface area contributed by atoms with Crippen molar-refractivity contribution in [3.05, 3.63) is 71.5 Å². The van der Waals surface area contributed by atoms with Crippen molar-refractivity contribution in [3.8, 4) is 11.6 Å². The molecule has 33 heavy (non-hydrogen) atoms. The van der Waals surface area contributed by atoms with Gasteiger partial charge in [-0.05, 0) is 41.5 Å². The summed E-state index contributed by atoms with van der Waals surface area (Å²) >= 11 is 1.50. The van der Waals surface area contributed by atoms with E-state index in [-0.39, 0.29) is 17.3 Å². The van der Waals surface area contributed by atoms with Crippen molar-refractivity contribution in [1.29, 1.82) is 0 Å². The van der Waals surface area contributed by atoms with E-state index < -0.39 is 5.91 Å². The third kappa shape index (κ3) is 4.85. The second-order valence-electron chi connectivity index (χ2n) is 6.71. The van der Waals surface area contributed by atoms with Gasteiger partial charge in [0.2, 0.25) is 11.6 Å². The third-order valence-corrected chi connectivity index (χ3v) is 5.64. The molecule has 0 aliphatic rings. The summed E-state index contributed by atoms with van der Waals surface area (Å²) < 4.78 is 11.4. The number of nitrogen functional groups attached to an aromatic ring is 1. The number of nitrogens with zero attached hydrogens (tertiary/aromatic N) is 6. The third-order valence-electron chi connectivity index (χ3n) is 4.62. The van der Waals surface area contributed by atoms with Gasteiger partial charge in [0.15, 0.2) is 5.69 Å². The molecule has 0 aliphatic carbocycles. The van der Waals surface area contributed by atoms with E-state index in [0.29, 0.717) is 22.9 Å². The second kappa shape index (κ2) is 9.96. The minimum atomic E-state index is -0.533. The van der Waals surface area contributed by atoms with Gasteiger partial charge in [0.05, 0.1) is 18.5 Å². The van der Waals surface area contributed by atoms with Crippen molar-refractivity contribution >= 4 is 29.2 Å². The number of rotatable bonds is 8. The Labute approximate surface area is 193 Å². The summed E-state index contributed by atoms with van der Waals surface area (Å²) in [5.74, 6) is 0.658. The molecule has 2 aromatic heterocycles. The number of ether oxygens (including phenoxy) is 1. The number of thioether (sulfide) groups is 1. The van der Waals surface area contributed by atoms with Gasteiger partial charge in [-0.25, -0.2) is 10.1 Å². The lowest BCUT2D eigenvalue weighted by Gasteiger charge is -2.08. The molecular formula is C21H20N8O3S. The Morgan fingerprint density at radius 3 is 2.67 bits per heavy atom. The molecule has 0 saturated heterocycles. The molecule has 12 heteroatoms. The summed E-state index contributed by atoms with van der Waals surface area (Å²) in [5, 5.41) is 19.6. The fourth-order valence-electron chi connectivity index (χ4n) is 2.98. The SMILES string of the molecule is COc1ccccc1C(C)=NNC(=O)c1nnn(-c2nonc2N)c1CSc1ccccc1. The number of amides is 1. The van der Waals surface area contributed by atoms with Gasteiger partial charge in [-0.15, -0.1) is 16.9 Å². The van der Waals surface area contributed by atoms with Crippen LogP contribution in [0.15, 0.2) is 69.2 Å². The van der Waals surface area contributed by atoms with Crippen molar-refractivity contribution < 1.29 is 14.2 Å². The molecule has 4 aromatic rings. The molecular weight excluding hydrogens is 444 g/mol. The number of nitrogens with one attached hydrogen (secondary N) is 1. The van der Waals surface area contributed by atoms with E-state index in [1.807, 2.05) is 54.6 Å². The highest BCUT2D eigenvalue weighted by atomic mass is 32.2. The van der Waals surface area contributed by atoms with Gasteiger partial charge in [-0.2, -0.15) is 9.78 Å². The number of benzene rings is 2. The molecule has 168 valence electrons. The number of para-hydroxylation sites is 1. The van der Waals surface area contributed by atoms with Crippen LogP contribution in [0.3, 0.4) is 0 Å². The second-order valence-corrected chi connectivity index (χ2v) is 7.76. The summed E-state index contributed by atoms with van der Waals surface area (Å²) in [6.45, 7) is 1.77. The largest absolute Gasteiger partial charge is 0.496 e. The van der Waals surface area contributed by atoms with Crippen molar-refractivity contribution in [2.45, 2.75) is 17.6 Å². The number of hydrogen-bond donors (Lipinski definition) is 2. The first-order chi connectivity index (χ1) is 16.1. The highest BCUT2D eigenvalue weighted by Gasteiger charge is 2.24. The molecule has 0 fully saturated rings. The topological polar surface area (TPSA) is 146 Å². The van der Waals surface area contributed by atoms with Crippen LogP contribution in [-0.4, -0.2) is 44.0 Å². The minimum Gasteiger partial charge on any atom is -0.496 e. The van der Waals surface area contributed by atoms with Gasteiger partial charge in [0.25, 0.3) is 5.91 Å². The summed E-state index contributed by atoms with van der Waals surface area (Å²) in [5.41, 5.74) is 10.2. The zero-order chi connectivity index (χ0) is 23.2. The number of carbonyl (C=O) groups is 1. The van der Waals surface area contributed by atoms with Gasteiger partial charge in [0, 0.05) is 16.2 Å². The van der Waals surface area contributed by atoms with Crippen LogP contribution >= 0.6 is 11.8 Å². The Hall–Kier alpha value is -4.19. The first kappa shape index (κ1) is 22.0. The Morgan fingerprint density at radius 1 is 1.18 bits per heavy atom. The lowest BCUT2D eigenvalue weighted by molar-refractivity contribution is 0.0949. The Kier molecular flexibility index (Phi) is 6.64. The van der Waals surface area contributed by atoms with Crippen LogP contribution in [0.2, 0.25) is 0 Å². The highest BCUT2D eigenvalue weighted by molar-refractivity contribution is 7.98. The standard InChI is InChI=1S/C21H20N8O3S/c1-13(15-10-6-7-11-17(15)31-2)23-25-21(30)18-16(12-33-14-8-4-3-5-9-14)29(28-24-18)20-19(22)26-32-27-20/h3-11H,12H2,1-2H3,(H2,22,26)(H,25,30). The maximum absolute atomic E-state index is 13.0. The van der Waals surface area contributed by atoms with Crippen LogP contribution in [0.25, 0.3) is 5.82 Å². The molecule has 2 heterocycles. The van der Waals surface area contributed by atoms with Crippen LogP contribution in [0.4, 0.5) is 5.82 Å². The molecule has 2 aromatic carbocycles. The lowest BCUT2D eigenvalue weighted by Crippen LogP contribution is -2.21. The Balaban J connectivity index is 1.61. The molecule has 0 unspecified atom stereocenters. The molecule has 4 rings (SSSR count). The fourth-order valence-corrected chi connectivity index (χ4v) is 3.89. The maximum atomic E-state index is 13.0. The monoisotopic (exact) mass is 464 g/mol. The molecule has 0 aliphatic heterocycles. The van der Waals surface area contributed by atoms with Crippen LogP contribution in [0.1, 0.15) is 28.7 Å². The summed E-state index contributed by atoms with van der Waals surface area (Å²) in [6, 6.07) is 17.1. The Bertz CT molecular complexity index is 1290. The van der Waals surface area contributed by atoms with E-state index in [9.17, 15) is 4.79 Å². The van der Waals surface area contributed by atoms with Gasteiger partial charge in [0.1, 0.15) is 5.75 Å². The number of carbonyl (C=O) groups excluding carboxylic acids is 1. The van der Waals surface area contributed by atoms with E-state index in [1.165, 1.54) is 16.4 Å². The molecule has 1 amide bonds. The normalized spacial score (nSPS) is 11.4. The van der Waals surface area contributed by atoms with E-state index in [0.717, 1.165) is 10.5 Å². The van der Waals surface area contributed by atoms with Gasteiger partial charge in [-0.3, -0.25) is 4.79 Å². The predicted molar refractivity (Wildman–Crippen MR) is 122 cm³/mol. The molecule has 0 bridgehead atoms. The van der Waals surface area contributed by atoms with E-state index in [1.54, 1.807) is 14.0 Å². The molecule has 3 N–H and O–H groups in total. The van der Waals surface area contributed by atoms with Crippen molar-refractivity contribution in [2.24, 2.45) is 5.10 Å².